The largest absolute Gasteiger partial charge is 0.465 e. The Morgan fingerprint density at radius 3 is 2.48 bits per heavy atom. The van der Waals surface area contributed by atoms with Crippen LogP contribution in [-0.4, -0.2) is 36.5 Å². The summed E-state index contributed by atoms with van der Waals surface area (Å²) >= 11 is 0. The van der Waals surface area contributed by atoms with Crippen molar-refractivity contribution in [2.45, 2.75) is 70.3 Å². The van der Waals surface area contributed by atoms with Crippen molar-refractivity contribution in [3.63, 3.8) is 0 Å². The Morgan fingerprint density at radius 1 is 1.26 bits per heavy atom. The summed E-state index contributed by atoms with van der Waals surface area (Å²) in [4.78, 5) is 26.1. The zero-order valence-electron chi connectivity index (χ0n) is 16.7. The van der Waals surface area contributed by atoms with E-state index in [-0.39, 0.29) is 23.2 Å². The maximum Gasteiger partial charge on any atom is 0.306 e. The van der Waals surface area contributed by atoms with Gasteiger partial charge in [-0.2, -0.15) is 0 Å². The van der Waals surface area contributed by atoms with Crippen LogP contribution in [0.1, 0.15) is 75.3 Å². The molecule has 0 N–H and O–H groups in total. The molecule has 146 valence electrons. The number of rotatable bonds is 5. The fraction of sp³-hybridized carbons (Fsp3) is 0.652. The molecular weight excluding hydrogens is 338 g/mol. The van der Waals surface area contributed by atoms with E-state index in [0.717, 1.165) is 25.7 Å². The van der Waals surface area contributed by atoms with Gasteiger partial charge in [-0.25, -0.2) is 0 Å². The highest BCUT2D eigenvalue weighted by atomic mass is 16.5. The van der Waals surface area contributed by atoms with E-state index in [0.29, 0.717) is 30.9 Å². The van der Waals surface area contributed by atoms with Crippen LogP contribution in [0, 0.1) is 11.3 Å². The number of carbonyl (C=O) groups is 2. The van der Waals surface area contributed by atoms with E-state index in [2.05, 4.69) is 38.1 Å². The van der Waals surface area contributed by atoms with Crippen molar-refractivity contribution >= 4 is 11.9 Å². The normalized spacial score (nSPS) is 33.1. The van der Waals surface area contributed by atoms with Gasteiger partial charge in [0, 0.05) is 24.4 Å². The summed E-state index contributed by atoms with van der Waals surface area (Å²) in [5.41, 5.74) is 2.79. The molecule has 27 heavy (non-hydrogen) atoms. The number of benzene rings is 1. The van der Waals surface area contributed by atoms with Crippen molar-refractivity contribution in [2.24, 2.45) is 11.3 Å². The van der Waals surface area contributed by atoms with E-state index in [1.807, 2.05) is 11.9 Å². The molecule has 1 amide bonds. The molecular formula is C23H31NO3. The zero-order chi connectivity index (χ0) is 19.2. The average Bonchev–Trinajstić information content (AvgIpc) is 3.00. The molecule has 1 unspecified atom stereocenters. The predicted molar refractivity (Wildman–Crippen MR) is 104 cm³/mol. The van der Waals surface area contributed by atoms with Gasteiger partial charge in [-0.1, -0.05) is 38.1 Å². The van der Waals surface area contributed by atoms with Crippen LogP contribution in [0.4, 0.5) is 0 Å². The molecule has 1 aromatic carbocycles. The Morgan fingerprint density at radius 2 is 1.93 bits per heavy atom. The van der Waals surface area contributed by atoms with Crippen LogP contribution in [0.15, 0.2) is 24.3 Å². The second-order valence-corrected chi connectivity index (χ2v) is 9.19. The third-order valence-electron chi connectivity index (χ3n) is 7.36. The first-order valence-corrected chi connectivity index (χ1v) is 10.4. The van der Waals surface area contributed by atoms with Crippen LogP contribution in [0.5, 0.6) is 0 Å². The van der Waals surface area contributed by atoms with Gasteiger partial charge in [0.1, 0.15) is 0 Å². The smallest absolute Gasteiger partial charge is 0.306 e. The highest BCUT2D eigenvalue weighted by Gasteiger charge is 2.53. The Bertz CT molecular complexity index is 714. The molecule has 0 bridgehead atoms. The van der Waals surface area contributed by atoms with Crippen molar-refractivity contribution in [1.29, 1.82) is 0 Å². The van der Waals surface area contributed by atoms with Gasteiger partial charge in [0.25, 0.3) is 0 Å². The molecule has 1 saturated heterocycles. The Labute approximate surface area is 162 Å². The van der Waals surface area contributed by atoms with Gasteiger partial charge in [0.05, 0.1) is 13.0 Å². The van der Waals surface area contributed by atoms with Crippen molar-refractivity contribution in [1.82, 2.24) is 4.90 Å². The van der Waals surface area contributed by atoms with Gasteiger partial charge in [0.15, 0.2) is 0 Å². The molecule has 4 nitrogen and oxygen atoms in total. The molecule has 3 fully saturated rings. The number of amides is 1. The molecule has 4 rings (SSSR count). The minimum Gasteiger partial charge on any atom is -0.465 e. The van der Waals surface area contributed by atoms with Gasteiger partial charge >= 0.3 is 5.97 Å². The summed E-state index contributed by atoms with van der Waals surface area (Å²) in [7, 11) is 1.95. The molecule has 1 spiro atoms. The quantitative estimate of drug-likeness (QED) is 0.729. The van der Waals surface area contributed by atoms with Gasteiger partial charge in [0.2, 0.25) is 5.91 Å². The molecule has 0 radical (unpaired) electrons. The second kappa shape index (κ2) is 6.96. The molecule has 1 atom stereocenters. The van der Waals surface area contributed by atoms with Gasteiger partial charge < -0.3 is 9.64 Å². The minimum absolute atomic E-state index is 0.0300. The lowest BCUT2D eigenvalue weighted by atomic mass is 9.61. The van der Waals surface area contributed by atoms with E-state index in [4.69, 9.17) is 4.74 Å². The monoisotopic (exact) mass is 369 g/mol. The third kappa shape index (κ3) is 3.39. The van der Waals surface area contributed by atoms with E-state index in [1.165, 1.54) is 17.5 Å². The second-order valence-electron chi connectivity index (χ2n) is 9.19. The summed E-state index contributed by atoms with van der Waals surface area (Å²) in [6.07, 6.45) is 5.41. The summed E-state index contributed by atoms with van der Waals surface area (Å²) in [6, 6.07) is 9.44. The van der Waals surface area contributed by atoms with Gasteiger partial charge in [-0.05, 0) is 55.1 Å². The molecule has 3 aliphatic rings. The Balaban J connectivity index is 1.27. The van der Waals surface area contributed by atoms with Crippen molar-refractivity contribution in [2.75, 3.05) is 13.7 Å². The molecule has 1 heterocycles. The molecule has 0 aromatic heterocycles. The SMILES string of the molecule is CCC(C)c1ccc(C2CC(N(C)C(=O)C3CC4(COC(=O)C4)C3)C2)cc1. The van der Waals surface area contributed by atoms with E-state index < -0.39 is 0 Å². The molecule has 1 aliphatic heterocycles. The Kier molecular flexibility index (Phi) is 4.77. The third-order valence-corrected chi connectivity index (χ3v) is 7.36. The van der Waals surface area contributed by atoms with Gasteiger partial charge in [-0.15, -0.1) is 0 Å². The number of carbonyl (C=O) groups excluding carboxylic acids is 2. The molecule has 1 aromatic rings. The summed E-state index contributed by atoms with van der Waals surface area (Å²) in [5, 5.41) is 0. The van der Waals surface area contributed by atoms with Crippen LogP contribution >= 0.6 is 0 Å². The van der Waals surface area contributed by atoms with Crippen LogP contribution in [0.3, 0.4) is 0 Å². The number of esters is 1. The summed E-state index contributed by atoms with van der Waals surface area (Å²) < 4.78 is 5.11. The topological polar surface area (TPSA) is 46.6 Å². The van der Waals surface area contributed by atoms with Crippen molar-refractivity contribution < 1.29 is 14.3 Å². The maximum absolute atomic E-state index is 12.8. The number of ether oxygens (including phenoxy) is 1. The van der Waals surface area contributed by atoms with Crippen molar-refractivity contribution in [3.05, 3.63) is 35.4 Å². The van der Waals surface area contributed by atoms with Crippen LogP contribution in [0.2, 0.25) is 0 Å². The highest BCUT2D eigenvalue weighted by Crippen LogP contribution is 2.52. The van der Waals surface area contributed by atoms with Crippen LogP contribution < -0.4 is 0 Å². The predicted octanol–water partition coefficient (Wildman–Crippen LogP) is 4.25. The minimum atomic E-state index is -0.101. The lowest BCUT2D eigenvalue weighted by Crippen LogP contribution is -2.51. The molecule has 2 aliphatic carbocycles. The number of cyclic esters (lactones) is 1. The van der Waals surface area contributed by atoms with Crippen LogP contribution in [-0.2, 0) is 14.3 Å². The number of nitrogens with zero attached hydrogens (tertiary/aromatic N) is 1. The zero-order valence-corrected chi connectivity index (χ0v) is 16.7. The Hall–Kier alpha value is -1.84. The van der Waals surface area contributed by atoms with Crippen molar-refractivity contribution in [3.8, 4) is 0 Å². The van der Waals surface area contributed by atoms with E-state index in [1.54, 1.807) is 0 Å². The van der Waals surface area contributed by atoms with Gasteiger partial charge in [-0.3, -0.25) is 9.59 Å². The van der Waals surface area contributed by atoms with E-state index >= 15 is 0 Å². The van der Waals surface area contributed by atoms with Crippen LogP contribution in [0.25, 0.3) is 0 Å². The molecule has 4 heteroatoms. The fourth-order valence-electron chi connectivity index (χ4n) is 5.04. The first kappa shape index (κ1) is 18.5. The van der Waals surface area contributed by atoms with E-state index in [9.17, 15) is 9.59 Å². The molecule has 2 saturated carbocycles. The number of hydrogen-bond acceptors (Lipinski definition) is 3. The highest BCUT2D eigenvalue weighted by molar-refractivity contribution is 5.81. The standard InChI is InChI=1S/C23H31NO3/c1-4-15(2)16-5-7-17(8-6-16)18-9-20(10-18)24(3)22(26)19-11-23(12-19)13-21(25)27-14-23/h5-8,15,18-20H,4,9-14H2,1-3H3. The average molecular weight is 370 g/mol. The first-order valence-electron chi connectivity index (χ1n) is 10.4. The lowest BCUT2D eigenvalue weighted by molar-refractivity contribution is -0.146. The lowest BCUT2D eigenvalue weighted by Gasteiger charge is -2.47. The fourth-order valence-corrected chi connectivity index (χ4v) is 5.04. The summed E-state index contributed by atoms with van der Waals surface area (Å²) in [5.74, 6) is 1.43. The first-order chi connectivity index (χ1) is 12.9. The summed E-state index contributed by atoms with van der Waals surface area (Å²) in [6.45, 7) is 5.01. The number of hydrogen-bond donors (Lipinski definition) is 0. The maximum atomic E-state index is 12.8.